The molecule has 48 valence electrons. The van der Waals surface area contributed by atoms with Gasteiger partial charge in [-0.1, -0.05) is 19.9 Å². The van der Waals surface area contributed by atoms with E-state index in [0.717, 1.165) is 0 Å². The predicted molar refractivity (Wildman–Crippen MR) is 39.9 cm³/mol. The molecular weight excluding hydrogens is 112 g/mol. The highest BCUT2D eigenvalue weighted by molar-refractivity contribution is 5.77. The van der Waals surface area contributed by atoms with Gasteiger partial charge in [-0.25, -0.2) is 0 Å². The average molecular weight is 122 g/mol. The van der Waals surface area contributed by atoms with E-state index in [9.17, 15) is 0 Å². The first-order chi connectivity index (χ1) is 4.21. The normalized spacial score (nSPS) is 22.0. The minimum Gasteiger partial charge on any atom is -0.163 e. The Hall–Kier alpha value is -0.920. The number of rotatable bonds is 0. The van der Waals surface area contributed by atoms with E-state index in [2.05, 4.69) is 30.1 Å². The molecule has 0 bridgehead atoms. The van der Waals surface area contributed by atoms with Crippen molar-refractivity contribution in [3.05, 3.63) is 12.2 Å². The van der Waals surface area contributed by atoms with Crippen LogP contribution in [0.15, 0.2) is 22.4 Å². The van der Waals surface area contributed by atoms with Crippen LogP contribution in [0, 0.1) is 5.41 Å². The monoisotopic (exact) mass is 122 g/mol. The Labute approximate surface area is 55.0 Å². The van der Waals surface area contributed by atoms with Crippen LogP contribution >= 0.6 is 0 Å². The van der Waals surface area contributed by atoms with Gasteiger partial charge >= 0.3 is 0 Å². The van der Waals surface area contributed by atoms with Crippen LogP contribution in [0.4, 0.5) is 0 Å². The molecule has 0 saturated carbocycles. The summed E-state index contributed by atoms with van der Waals surface area (Å²) in [4.78, 5) is 0. The van der Waals surface area contributed by atoms with E-state index in [1.54, 1.807) is 6.21 Å². The molecule has 0 aromatic heterocycles. The summed E-state index contributed by atoms with van der Waals surface area (Å²) >= 11 is 0. The van der Waals surface area contributed by atoms with Gasteiger partial charge in [0.2, 0.25) is 0 Å². The SMILES string of the molecule is CC1(C)C=CC=NN=C1. The van der Waals surface area contributed by atoms with Gasteiger partial charge in [0.1, 0.15) is 0 Å². The highest BCUT2D eigenvalue weighted by Crippen LogP contribution is 2.14. The van der Waals surface area contributed by atoms with Crippen LogP contribution in [0.25, 0.3) is 0 Å². The number of nitrogens with zero attached hydrogens (tertiary/aromatic N) is 2. The van der Waals surface area contributed by atoms with Crippen LogP contribution in [0.5, 0.6) is 0 Å². The lowest BCUT2D eigenvalue weighted by molar-refractivity contribution is 0.693. The highest BCUT2D eigenvalue weighted by atomic mass is 15.2. The fourth-order valence-corrected chi connectivity index (χ4v) is 0.593. The van der Waals surface area contributed by atoms with Crippen LogP contribution in [0.2, 0.25) is 0 Å². The zero-order valence-electron chi connectivity index (χ0n) is 5.70. The van der Waals surface area contributed by atoms with Gasteiger partial charge in [-0.2, -0.15) is 10.2 Å². The minimum absolute atomic E-state index is 0.0660. The molecule has 0 aromatic carbocycles. The Morgan fingerprint density at radius 1 is 1.22 bits per heavy atom. The Morgan fingerprint density at radius 2 is 2.00 bits per heavy atom. The first-order valence-corrected chi connectivity index (χ1v) is 2.96. The molecule has 0 fully saturated rings. The zero-order valence-corrected chi connectivity index (χ0v) is 5.70. The third kappa shape index (κ3) is 1.80. The second-order valence-corrected chi connectivity index (χ2v) is 2.69. The van der Waals surface area contributed by atoms with E-state index in [4.69, 9.17) is 0 Å². The van der Waals surface area contributed by atoms with Crippen LogP contribution < -0.4 is 0 Å². The summed E-state index contributed by atoms with van der Waals surface area (Å²) in [5.74, 6) is 0. The Balaban J connectivity index is 2.82. The van der Waals surface area contributed by atoms with E-state index < -0.39 is 0 Å². The first-order valence-electron chi connectivity index (χ1n) is 2.96. The van der Waals surface area contributed by atoms with Crippen LogP contribution in [0.3, 0.4) is 0 Å². The van der Waals surface area contributed by atoms with Gasteiger partial charge in [-0.3, -0.25) is 0 Å². The summed E-state index contributed by atoms with van der Waals surface area (Å²) in [5, 5.41) is 7.53. The molecule has 0 atom stereocenters. The van der Waals surface area contributed by atoms with Crippen LogP contribution in [-0.2, 0) is 0 Å². The van der Waals surface area contributed by atoms with Crippen molar-refractivity contribution in [2.45, 2.75) is 13.8 Å². The van der Waals surface area contributed by atoms with Gasteiger partial charge < -0.3 is 0 Å². The first kappa shape index (κ1) is 6.20. The van der Waals surface area contributed by atoms with Crippen molar-refractivity contribution in [1.82, 2.24) is 0 Å². The fraction of sp³-hybridized carbons (Fsp3) is 0.429. The second-order valence-electron chi connectivity index (χ2n) is 2.69. The molecule has 0 spiro atoms. The van der Waals surface area contributed by atoms with Crippen molar-refractivity contribution in [3.8, 4) is 0 Å². The molecular formula is C7H10N2. The molecule has 0 radical (unpaired) electrons. The number of hydrogen-bond acceptors (Lipinski definition) is 2. The molecule has 1 heterocycles. The van der Waals surface area contributed by atoms with Crippen molar-refractivity contribution in [1.29, 1.82) is 0 Å². The van der Waals surface area contributed by atoms with Crippen LogP contribution in [-0.4, -0.2) is 12.4 Å². The molecule has 2 heteroatoms. The molecule has 0 saturated heterocycles. The maximum Gasteiger partial charge on any atom is 0.0492 e. The maximum atomic E-state index is 3.81. The van der Waals surface area contributed by atoms with Gasteiger partial charge in [0.25, 0.3) is 0 Å². The minimum atomic E-state index is 0.0660. The molecule has 2 nitrogen and oxygen atoms in total. The van der Waals surface area contributed by atoms with E-state index in [1.807, 2.05) is 12.3 Å². The Morgan fingerprint density at radius 3 is 2.78 bits per heavy atom. The lowest BCUT2D eigenvalue weighted by atomic mass is 9.95. The summed E-state index contributed by atoms with van der Waals surface area (Å²) in [7, 11) is 0. The summed E-state index contributed by atoms with van der Waals surface area (Å²) in [6.07, 6.45) is 7.48. The van der Waals surface area contributed by atoms with Crippen molar-refractivity contribution in [2.24, 2.45) is 15.6 Å². The molecule has 0 amide bonds. The average Bonchev–Trinajstić information content (AvgIpc) is 1.92. The van der Waals surface area contributed by atoms with Crippen molar-refractivity contribution in [2.75, 3.05) is 0 Å². The molecule has 1 aliphatic rings. The molecule has 1 aliphatic heterocycles. The zero-order chi connectivity index (χ0) is 6.74. The summed E-state index contributed by atoms with van der Waals surface area (Å²) in [6.45, 7) is 4.17. The van der Waals surface area contributed by atoms with Gasteiger partial charge in [0, 0.05) is 17.8 Å². The molecule has 9 heavy (non-hydrogen) atoms. The Bertz CT molecular complexity index is 157. The number of allylic oxidation sites excluding steroid dienone is 2. The van der Waals surface area contributed by atoms with Crippen molar-refractivity contribution in [3.63, 3.8) is 0 Å². The highest BCUT2D eigenvalue weighted by Gasteiger charge is 2.09. The van der Waals surface area contributed by atoms with Gasteiger partial charge in [-0.05, 0) is 6.08 Å². The van der Waals surface area contributed by atoms with E-state index in [-0.39, 0.29) is 5.41 Å². The lowest BCUT2D eigenvalue weighted by Gasteiger charge is -2.09. The Kier molecular flexibility index (Phi) is 1.47. The topological polar surface area (TPSA) is 24.7 Å². The molecule has 1 rings (SSSR count). The largest absolute Gasteiger partial charge is 0.163 e. The smallest absolute Gasteiger partial charge is 0.0492 e. The summed E-state index contributed by atoms with van der Waals surface area (Å²) in [5.41, 5.74) is 0.0660. The van der Waals surface area contributed by atoms with Gasteiger partial charge in [0.05, 0.1) is 0 Å². The predicted octanol–water partition coefficient (Wildman–Crippen LogP) is 1.64. The standard InChI is InChI=1S/C7H10N2/c1-7(2)4-3-5-8-9-6-7/h3-6H,1-2H3. The lowest BCUT2D eigenvalue weighted by Crippen LogP contribution is -2.07. The maximum absolute atomic E-state index is 3.81. The van der Waals surface area contributed by atoms with Gasteiger partial charge in [-0.15, -0.1) is 0 Å². The van der Waals surface area contributed by atoms with E-state index in [0.29, 0.717) is 0 Å². The second kappa shape index (κ2) is 2.13. The molecule has 0 aromatic rings. The van der Waals surface area contributed by atoms with Crippen molar-refractivity contribution < 1.29 is 0 Å². The van der Waals surface area contributed by atoms with Crippen LogP contribution in [0.1, 0.15) is 13.8 Å². The summed E-state index contributed by atoms with van der Waals surface area (Å²) < 4.78 is 0. The molecule has 0 N–H and O–H groups in total. The molecule has 0 unspecified atom stereocenters. The summed E-state index contributed by atoms with van der Waals surface area (Å²) in [6, 6.07) is 0. The third-order valence-corrected chi connectivity index (χ3v) is 1.14. The fourth-order valence-electron chi connectivity index (χ4n) is 0.593. The number of hydrogen-bond donors (Lipinski definition) is 0. The quantitative estimate of drug-likeness (QED) is 0.466. The van der Waals surface area contributed by atoms with Crippen molar-refractivity contribution >= 4 is 12.4 Å². The molecule has 0 aliphatic carbocycles. The van der Waals surface area contributed by atoms with Gasteiger partial charge in [0.15, 0.2) is 0 Å². The van der Waals surface area contributed by atoms with E-state index in [1.165, 1.54) is 0 Å². The third-order valence-electron chi connectivity index (χ3n) is 1.14. The van der Waals surface area contributed by atoms with E-state index >= 15 is 0 Å².